The van der Waals surface area contributed by atoms with Gasteiger partial charge in [0, 0.05) is 18.0 Å². The van der Waals surface area contributed by atoms with Crippen LogP contribution < -0.4 is 0 Å². The lowest BCUT2D eigenvalue weighted by Gasteiger charge is -2.17. The largest absolute Gasteiger partial charge is 0.591 e. The minimum Gasteiger partial charge on any atom is -0.591 e. The van der Waals surface area contributed by atoms with Gasteiger partial charge in [-0.3, -0.25) is 4.98 Å². The Hall–Kier alpha value is -0.870. The molecule has 1 rings (SSSR count). The molecule has 1 atom stereocenters. The zero-order chi connectivity index (χ0) is 10.6. The zero-order valence-electron chi connectivity index (χ0n) is 8.60. The minimum absolute atomic E-state index is 0.302. The van der Waals surface area contributed by atoms with Crippen LogP contribution in [0.1, 0.15) is 26.3 Å². The highest BCUT2D eigenvalue weighted by atomic mass is 32.2. The molecular formula is C10H14N2OS. The smallest absolute Gasteiger partial charge is 0.144 e. The summed E-state index contributed by atoms with van der Waals surface area (Å²) in [5.74, 6) is 0. The normalized spacial score (nSPS) is 14.6. The van der Waals surface area contributed by atoms with Crippen molar-refractivity contribution in [2.75, 3.05) is 0 Å². The standard InChI is InChI=1S/C10H14N2OS/c1-10(2,3)14(13)12-8-9-4-6-11-7-5-9/h4-8H,1-3H3/b12-8+/t14-/m1/s1. The molecule has 76 valence electrons. The van der Waals surface area contributed by atoms with Crippen LogP contribution in [-0.2, 0) is 11.4 Å². The molecule has 0 radical (unpaired) electrons. The van der Waals surface area contributed by atoms with Crippen LogP contribution >= 0.6 is 0 Å². The fourth-order valence-electron chi connectivity index (χ4n) is 0.716. The van der Waals surface area contributed by atoms with E-state index in [9.17, 15) is 4.55 Å². The molecule has 4 heteroatoms. The highest BCUT2D eigenvalue weighted by Gasteiger charge is 2.25. The van der Waals surface area contributed by atoms with Crippen LogP contribution in [-0.4, -0.2) is 20.5 Å². The number of aromatic nitrogens is 1. The first-order valence-corrected chi connectivity index (χ1v) is 5.47. The Bertz CT molecular complexity index is 306. The molecule has 0 fully saturated rings. The van der Waals surface area contributed by atoms with E-state index in [2.05, 4.69) is 9.38 Å². The molecule has 14 heavy (non-hydrogen) atoms. The summed E-state index contributed by atoms with van der Waals surface area (Å²) >= 11 is -1.19. The van der Waals surface area contributed by atoms with Crippen molar-refractivity contribution in [3.05, 3.63) is 30.1 Å². The van der Waals surface area contributed by atoms with Crippen LogP contribution in [0.25, 0.3) is 0 Å². The molecule has 0 saturated carbocycles. The molecule has 0 aliphatic carbocycles. The SMILES string of the molecule is CC(C)(C)[S@@+]([O-])/N=C/c1ccncc1. The molecule has 1 heterocycles. The van der Waals surface area contributed by atoms with E-state index in [-0.39, 0.29) is 4.75 Å². The first-order valence-electron chi connectivity index (χ1n) is 4.36. The summed E-state index contributed by atoms with van der Waals surface area (Å²) in [5.41, 5.74) is 0.914. The highest BCUT2D eigenvalue weighted by molar-refractivity contribution is 7.91. The van der Waals surface area contributed by atoms with Crippen molar-refractivity contribution in [1.82, 2.24) is 4.98 Å². The third-order valence-corrected chi connectivity index (χ3v) is 2.87. The Morgan fingerprint density at radius 2 is 1.93 bits per heavy atom. The van der Waals surface area contributed by atoms with Gasteiger partial charge in [0.15, 0.2) is 0 Å². The van der Waals surface area contributed by atoms with E-state index in [1.165, 1.54) is 0 Å². The predicted octanol–water partition coefficient (Wildman–Crippen LogP) is 1.96. The summed E-state index contributed by atoms with van der Waals surface area (Å²) in [6.07, 6.45) is 4.98. The van der Waals surface area contributed by atoms with Gasteiger partial charge < -0.3 is 4.55 Å². The molecule has 0 saturated heterocycles. The van der Waals surface area contributed by atoms with E-state index in [0.717, 1.165) is 5.56 Å². The molecule has 0 N–H and O–H groups in total. The van der Waals surface area contributed by atoms with Crippen LogP contribution in [0.5, 0.6) is 0 Å². The summed E-state index contributed by atoms with van der Waals surface area (Å²) < 4.78 is 15.2. The quantitative estimate of drug-likeness (QED) is 0.553. The number of hydrogen-bond donors (Lipinski definition) is 0. The number of rotatable bonds is 2. The van der Waals surface area contributed by atoms with E-state index in [0.29, 0.717) is 0 Å². The summed E-state index contributed by atoms with van der Waals surface area (Å²) in [6.45, 7) is 5.69. The summed E-state index contributed by atoms with van der Waals surface area (Å²) in [5, 5.41) is 0. The van der Waals surface area contributed by atoms with Gasteiger partial charge in [-0.25, -0.2) is 0 Å². The topological polar surface area (TPSA) is 48.3 Å². The van der Waals surface area contributed by atoms with Crippen LogP contribution in [0.2, 0.25) is 0 Å². The third kappa shape index (κ3) is 3.47. The van der Waals surface area contributed by atoms with Gasteiger partial charge in [-0.2, -0.15) is 0 Å². The molecule has 3 nitrogen and oxygen atoms in total. The first-order chi connectivity index (χ1) is 6.50. The van der Waals surface area contributed by atoms with Gasteiger partial charge in [-0.1, -0.05) is 4.40 Å². The van der Waals surface area contributed by atoms with Gasteiger partial charge in [0.1, 0.15) is 16.1 Å². The maximum absolute atomic E-state index is 11.5. The maximum atomic E-state index is 11.5. The first kappa shape index (κ1) is 11.2. The fourth-order valence-corrected chi connectivity index (χ4v) is 1.25. The van der Waals surface area contributed by atoms with Crippen LogP contribution in [0.4, 0.5) is 0 Å². The van der Waals surface area contributed by atoms with E-state index in [1.54, 1.807) is 18.6 Å². The number of hydrogen-bond acceptors (Lipinski definition) is 3. The van der Waals surface area contributed by atoms with Crippen molar-refractivity contribution < 1.29 is 4.55 Å². The fraction of sp³-hybridized carbons (Fsp3) is 0.400. The molecule has 0 aliphatic rings. The van der Waals surface area contributed by atoms with Crippen molar-refractivity contribution in [2.45, 2.75) is 25.5 Å². The average molecular weight is 210 g/mol. The van der Waals surface area contributed by atoms with Crippen LogP contribution in [0.15, 0.2) is 28.9 Å². The minimum atomic E-state index is -1.19. The monoisotopic (exact) mass is 210 g/mol. The number of pyridine rings is 1. The Labute approximate surface area is 87.6 Å². The van der Waals surface area contributed by atoms with E-state index >= 15 is 0 Å². The second-order valence-electron chi connectivity index (χ2n) is 3.88. The van der Waals surface area contributed by atoms with Crippen LogP contribution in [0.3, 0.4) is 0 Å². The molecule has 0 aliphatic heterocycles. The highest BCUT2D eigenvalue weighted by Crippen LogP contribution is 2.16. The van der Waals surface area contributed by atoms with E-state index in [4.69, 9.17) is 0 Å². The Morgan fingerprint density at radius 3 is 2.43 bits per heavy atom. The van der Waals surface area contributed by atoms with Gasteiger partial charge in [0.25, 0.3) is 0 Å². The lowest BCUT2D eigenvalue weighted by Crippen LogP contribution is -2.25. The Morgan fingerprint density at radius 1 is 1.36 bits per heavy atom. The van der Waals surface area contributed by atoms with Gasteiger partial charge >= 0.3 is 0 Å². The number of nitrogens with zero attached hydrogens (tertiary/aromatic N) is 2. The lowest BCUT2D eigenvalue weighted by atomic mass is 10.3. The predicted molar refractivity (Wildman–Crippen MR) is 59.7 cm³/mol. The molecule has 0 unspecified atom stereocenters. The molecule has 0 amide bonds. The molecular weight excluding hydrogens is 196 g/mol. The lowest BCUT2D eigenvalue weighted by molar-refractivity contribution is 0.562. The summed E-state index contributed by atoms with van der Waals surface area (Å²) in [7, 11) is 0. The molecule has 0 spiro atoms. The van der Waals surface area contributed by atoms with Crippen molar-refractivity contribution in [2.24, 2.45) is 4.40 Å². The molecule has 1 aromatic rings. The van der Waals surface area contributed by atoms with Gasteiger partial charge in [-0.05, 0) is 32.9 Å². The van der Waals surface area contributed by atoms with Crippen molar-refractivity contribution in [1.29, 1.82) is 0 Å². The second-order valence-corrected chi connectivity index (χ2v) is 5.81. The Kier molecular flexibility index (Phi) is 3.66. The zero-order valence-corrected chi connectivity index (χ0v) is 9.41. The molecule has 0 bridgehead atoms. The molecule has 1 aromatic heterocycles. The van der Waals surface area contributed by atoms with Gasteiger partial charge in [0.05, 0.1) is 6.21 Å². The third-order valence-electron chi connectivity index (χ3n) is 1.53. The van der Waals surface area contributed by atoms with Crippen molar-refractivity contribution >= 4 is 17.6 Å². The van der Waals surface area contributed by atoms with E-state index < -0.39 is 11.4 Å². The maximum Gasteiger partial charge on any atom is 0.144 e. The average Bonchev–Trinajstić information content (AvgIpc) is 2.14. The van der Waals surface area contributed by atoms with Crippen molar-refractivity contribution in [3.63, 3.8) is 0 Å². The Balaban J connectivity index is 2.66. The summed E-state index contributed by atoms with van der Waals surface area (Å²) in [6, 6.07) is 3.65. The second kappa shape index (κ2) is 4.57. The van der Waals surface area contributed by atoms with Gasteiger partial charge in [-0.15, -0.1) is 0 Å². The van der Waals surface area contributed by atoms with E-state index in [1.807, 2.05) is 32.9 Å². The molecule has 0 aromatic carbocycles. The van der Waals surface area contributed by atoms with Gasteiger partial charge in [0.2, 0.25) is 0 Å². The van der Waals surface area contributed by atoms with Crippen LogP contribution in [0, 0.1) is 0 Å². The summed E-state index contributed by atoms with van der Waals surface area (Å²) in [4.78, 5) is 3.88. The van der Waals surface area contributed by atoms with Crippen molar-refractivity contribution in [3.8, 4) is 0 Å².